The minimum atomic E-state index is -0.450. The number of rotatable bonds is 8. The van der Waals surface area contributed by atoms with Crippen LogP contribution < -0.4 is 10.2 Å². The first kappa shape index (κ1) is 24.2. The fraction of sp³-hybridized carbons (Fsp3) is 0.214. The third kappa shape index (κ3) is 5.84. The lowest BCUT2D eigenvalue weighted by molar-refractivity contribution is -0.384. The van der Waals surface area contributed by atoms with Crippen molar-refractivity contribution in [3.8, 4) is 5.69 Å². The number of nitro groups is 1. The van der Waals surface area contributed by atoms with Gasteiger partial charge >= 0.3 is 0 Å². The van der Waals surface area contributed by atoms with E-state index < -0.39 is 4.92 Å². The van der Waals surface area contributed by atoms with Gasteiger partial charge in [0, 0.05) is 63.3 Å². The third-order valence-corrected chi connectivity index (χ3v) is 6.59. The highest BCUT2D eigenvalue weighted by Gasteiger charge is 2.18. The third-order valence-electron chi connectivity index (χ3n) is 6.59. The number of nitrogens with zero attached hydrogens (tertiary/aromatic N) is 5. The Balaban J connectivity index is 1.17. The van der Waals surface area contributed by atoms with Gasteiger partial charge in [-0.25, -0.2) is 4.68 Å². The maximum Gasteiger partial charge on any atom is 0.272 e. The molecular weight excluding hydrogens is 468 g/mol. The Morgan fingerprint density at radius 3 is 2.22 bits per heavy atom. The zero-order valence-corrected chi connectivity index (χ0v) is 20.4. The molecule has 1 saturated heterocycles. The molecule has 4 aromatic rings. The Morgan fingerprint density at radius 1 is 0.838 bits per heavy atom. The van der Waals surface area contributed by atoms with Crippen LogP contribution in [0.25, 0.3) is 5.69 Å². The number of aromatic nitrogens is 2. The van der Waals surface area contributed by atoms with Gasteiger partial charge in [0.1, 0.15) is 0 Å². The molecule has 9 heteroatoms. The number of carbonyl (C=O) groups excluding carboxylic acids is 1. The molecule has 0 unspecified atom stereocenters. The molecule has 1 amide bonds. The number of anilines is 1. The van der Waals surface area contributed by atoms with Crippen molar-refractivity contribution >= 4 is 17.3 Å². The van der Waals surface area contributed by atoms with Crippen LogP contribution >= 0.6 is 0 Å². The van der Waals surface area contributed by atoms with Gasteiger partial charge in [0.05, 0.1) is 10.6 Å². The zero-order chi connectivity index (χ0) is 25.6. The van der Waals surface area contributed by atoms with Crippen molar-refractivity contribution in [1.82, 2.24) is 20.0 Å². The number of piperazine rings is 1. The summed E-state index contributed by atoms with van der Waals surface area (Å²) < 4.78 is 1.53. The lowest BCUT2D eigenvalue weighted by Gasteiger charge is -2.36. The number of amides is 1. The maximum absolute atomic E-state index is 12.8. The van der Waals surface area contributed by atoms with Gasteiger partial charge in [0.2, 0.25) is 0 Å². The van der Waals surface area contributed by atoms with E-state index in [1.54, 1.807) is 24.4 Å². The van der Waals surface area contributed by atoms with E-state index in [0.717, 1.165) is 38.3 Å². The number of hydrogen-bond acceptors (Lipinski definition) is 6. The second-order valence-electron chi connectivity index (χ2n) is 8.97. The monoisotopic (exact) mass is 496 g/mol. The molecule has 1 fully saturated rings. The average Bonchev–Trinajstić information content (AvgIpc) is 3.44. The van der Waals surface area contributed by atoms with E-state index in [-0.39, 0.29) is 17.3 Å². The molecule has 0 bridgehead atoms. The van der Waals surface area contributed by atoms with Crippen LogP contribution in [0.5, 0.6) is 0 Å². The van der Waals surface area contributed by atoms with Crippen molar-refractivity contribution in [2.75, 3.05) is 31.1 Å². The topological polar surface area (TPSA) is 96.5 Å². The summed E-state index contributed by atoms with van der Waals surface area (Å²) in [6.45, 7) is 5.18. The first-order chi connectivity index (χ1) is 18.1. The Morgan fingerprint density at radius 2 is 1.51 bits per heavy atom. The standard InChI is InChI=1S/C28H28N6O3/c35-28(27-14-15-33(30-27)25-10-12-26(13-11-25)34(36)37)29-20-22-6-4-5-7-23(22)21-31-16-18-32(19-17-31)24-8-2-1-3-9-24/h1-15H,16-21H2,(H,29,35). The van der Waals surface area contributed by atoms with Gasteiger partial charge < -0.3 is 10.2 Å². The summed E-state index contributed by atoms with van der Waals surface area (Å²) in [6.07, 6.45) is 1.67. The number of nitro benzene ring substituents is 1. The minimum Gasteiger partial charge on any atom is -0.369 e. The Bertz CT molecular complexity index is 1360. The summed E-state index contributed by atoms with van der Waals surface area (Å²) >= 11 is 0. The highest BCUT2D eigenvalue weighted by molar-refractivity contribution is 5.92. The Labute approximate surface area is 215 Å². The normalized spacial score (nSPS) is 13.9. The van der Waals surface area contributed by atoms with Crippen molar-refractivity contribution in [3.05, 3.63) is 118 Å². The van der Waals surface area contributed by atoms with Crippen molar-refractivity contribution in [2.24, 2.45) is 0 Å². The fourth-order valence-corrected chi connectivity index (χ4v) is 4.51. The molecule has 0 radical (unpaired) electrons. The highest BCUT2D eigenvalue weighted by atomic mass is 16.6. The van der Waals surface area contributed by atoms with Crippen molar-refractivity contribution in [2.45, 2.75) is 13.1 Å². The summed E-state index contributed by atoms with van der Waals surface area (Å²) in [7, 11) is 0. The summed E-state index contributed by atoms with van der Waals surface area (Å²) in [5, 5.41) is 18.2. The predicted octanol–water partition coefficient (Wildman–Crippen LogP) is 4.03. The van der Waals surface area contributed by atoms with Crippen LogP contribution in [0.3, 0.4) is 0 Å². The average molecular weight is 497 g/mol. The second-order valence-corrected chi connectivity index (χ2v) is 8.97. The van der Waals surface area contributed by atoms with Gasteiger partial charge in [-0.2, -0.15) is 5.10 Å². The van der Waals surface area contributed by atoms with Gasteiger partial charge in [0.15, 0.2) is 5.69 Å². The summed E-state index contributed by atoms with van der Waals surface area (Å²) in [6, 6.07) is 26.4. The molecule has 188 valence electrons. The Hall–Kier alpha value is -4.50. The molecule has 1 aliphatic rings. The number of benzene rings is 3. The number of nitrogens with one attached hydrogen (secondary N) is 1. The van der Waals surface area contributed by atoms with E-state index in [4.69, 9.17) is 0 Å². The molecule has 0 spiro atoms. The van der Waals surface area contributed by atoms with E-state index in [1.165, 1.54) is 28.1 Å². The van der Waals surface area contributed by atoms with Crippen LogP contribution in [0.2, 0.25) is 0 Å². The second kappa shape index (κ2) is 11.0. The Kier molecular flexibility index (Phi) is 7.23. The van der Waals surface area contributed by atoms with Crippen molar-refractivity contribution in [3.63, 3.8) is 0 Å². The summed E-state index contributed by atoms with van der Waals surface area (Å²) in [5.41, 5.74) is 4.48. The van der Waals surface area contributed by atoms with E-state index in [1.807, 2.05) is 24.3 Å². The van der Waals surface area contributed by atoms with Gasteiger partial charge in [-0.15, -0.1) is 0 Å². The molecule has 1 N–H and O–H groups in total. The van der Waals surface area contributed by atoms with Gasteiger partial charge in [-0.1, -0.05) is 42.5 Å². The molecule has 0 aliphatic carbocycles. The van der Waals surface area contributed by atoms with E-state index in [9.17, 15) is 14.9 Å². The molecule has 1 aromatic heterocycles. The van der Waals surface area contributed by atoms with Gasteiger partial charge in [-0.3, -0.25) is 19.8 Å². The molecule has 1 aliphatic heterocycles. The maximum atomic E-state index is 12.8. The predicted molar refractivity (Wildman–Crippen MR) is 142 cm³/mol. The largest absolute Gasteiger partial charge is 0.369 e. The van der Waals surface area contributed by atoms with Gasteiger partial charge in [0.25, 0.3) is 11.6 Å². The molecular formula is C28H28N6O3. The van der Waals surface area contributed by atoms with Crippen LogP contribution in [0.15, 0.2) is 91.1 Å². The SMILES string of the molecule is O=C(NCc1ccccc1CN1CCN(c2ccccc2)CC1)c1ccn(-c2ccc([N+](=O)[O-])cc2)n1. The zero-order valence-electron chi connectivity index (χ0n) is 20.4. The van der Waals surface area contributed by atoms with E-state index in [2.05, 4.69) is 50.5 Å². The first-order valence-electron chi connectivity index (χ1n) is 12.2. The number of para-hydroxylation sites is 1. The molecule has 3 aromatic carbocycles. The fourth-order valence-electron chi connectivity index (χ4n) is 4.51. The van der Waals surface area contributed by atoms with E-state index in [0.29, 0.717) is 12.2 Å². The minimum absolute atomic E-state index is 0.00520. The van der Waals surface area contributed by atoms with Gasteiger partial charge in [-0.05, 0) is 41.5 Å². The van der Waals surface area contributed by atoms with Crippen LogP contribution in [0.1, 0.15) is 21.6 Å². The van der Waals surface area contributed by atoms with Crippen molar-refractivity contribution < 1.29 is 9.72 Å². The first-order valence-corrected chi connectivity index (χ1v) is 12.2. The van der Waals surface area contributed by atoms with Crippen LogP contribution in [-0.2, 0) is 13.1 Å². The highest BCUT2D eigenvalue weighted by Crippen LogP contribution is 2.19. The molecule has 9 nitrogen and oxygen atoms in total. The quantitative estimate of drug-likeness (QED) is 0.292. The molecule has 0 saturated carbocycles. The van der Waals surface area contributed by atoms with Crippen LogP contribution in [0, 0.1) is 10.1 Å². The molecule has 2 heterocycles. The lowest BCUT2D eigenvalue weighted by atomic mass is 10.1. The van der Waals surface area contributed by atoms with E-state index >= 15 is 0 Å². The lowest BCUT2D eigenvalue weighted by Crippen LogP contribution is -2.46. The molecule has 37 heavy (non-hydrogen) atoms. The number of carbonyl (C=O) groups is 1. The molecule has 0 atom stereocenters. The smallest absolute Gasteiger partial charge is 0.272 e. The summed E-state index contributed by atoms with van der Waals surface area (Å²) in [5.74, 6) is -0.271. The number of non-ortho nitro benzene ring substituents is 1. The number of hydrogen-bond donors (Lipinski definition) is 1. The summed E-state index contributed by atoms with van der Waals surface area (Å²) in [4.78, 5) is 28.1. The van der Waals surface area contributed by atoms with Crippen LogP contribution in [0.4, 0.5) is 11.4 Å². The van der Waals surface area contributed by atoms with Crippen molar-refractivity contribution in [1.29, 1.82) is 0 Å². The molecule has 5 rings (SSSR count). The van der Waals surface area contributed by atoms with Crippen LogP contribution in [-0.4, -0.2) is 51.7 Å².